The summed E-state index contributed by atoms with van der Waals surface area (Å²) in [5.74, 6) is 1.10. The maximum atomic E-state index is 13.6. The third kappa shape index (κ3) is 3.85. The van der Waals surface area contributed by atoms with E-state index in [1.165, 1.54) is 4.90 Å². The van der Waals surface area contributed by atoms with E-state index < -0.39 is 5.91 Å². The molecule has 2 heterocycles. The van der Waals surface area contributed by atoms with Crippen molar-refractivity contribution < 1.29 is 23.8 Å². The van der Waals surface area contributed by atoms with Gasteiger partial charge in [-0.1, -0.05) is 31.2 Å². The average molecular weight is 456 g/mol. The summed E-state index contributed by atoms with van der Waals surface area (Å²) < 4.78 is 16.4. The van der Waals surface area contributed by atoms with Gasteiger partial charge in [0.25, 0.3) is 11.8 Å². The Hall–Kier alpha value is -4.26. The van der Waals surface area contributed by atoms with Crippen LogP contribution in [0.25, 0.3) is 5.57 Å². The van der Waals surface area contributed by atoms with Crippen molar-refractivity contribution in [3.05, 3.63) is 83.6 Å². The Morgan fingerprint density at radius 1 is 0.882 bits per heavy atom. The fourth-order valence-corrected chi connectivity index (χ4v) is 4.03. The summed E-state index contributed by atoms with van der Waals surface area (Å²) >= 11 is 0. The highest BCUT2D eigenvalue weighted by Crippen LogP contribution is 2.38. The molecule has 5 rings (SSSR count). The molecule has 2 aliphatic heterocycles. The minimum absolute atomic E-state index is 0.151. The Balaban J connectivity index is 1.55. The molecule has 0 aromatic heterocycles. The number of rotatable bonds is 7. The first-order chi connectivity index (χ1) is 16.6. The number of carbonyl (C=O) groups excluding carboxylic acids is 2. The molecule has 172 valence electrons. The molecule has 0 bridgehead atoms. The molecule has 0 atom stereocenters. The lowest BCUT2D eigenvalue weighted by atomic mass is 10.0. The smallest absolute Gasteiger partial charge is 0.282 e. The molecule has 1 N–H and O–H groups in total. The van der Waals surface area contributed by atoms with Crippen LogP contribution >= 0.6 is 0 Å². The SMILES string of the molecule is CCOc1ccc(C2=C(Nc3ccc4c(c3)OCO4)C(=O)N(c3ccc(CC)cc3)C2=O)cc1. The lowest BCUT2D eigenvalue weighted by molar-refractivity contribution is -0.120. The summed E-state index contributed by atoms with van der Waals surface area (Å²) in [6, 6.07) is 19.9. The highest BCUT2D eigenvalue weighted by Gasteiger charge is 2.40. The third-order valence-corrected chi connectivity index (χ3v) is 5.78. The van der Waals surface area contributed by atoms with Crippen LogP contribution in [0, 0.1) is 0 Å². The van der Waals surface area contributed by atoms with Gasteiger partial charge < -0.3 is 19.5 Å². The molecule has 0 saturated heterocycles. The van der Waals surface area contributed by atoms with E-state index in [-0.39, 0.29) is 18.4 Å². The van der Waals surface area contributed by atoms with Crippen molar-refractivity contribution in [1.82, 2.24) is 0 Å². The molecule has 2 aliphatic rings. The van der Waals surface area contributed by atoms with E-state index in [1.807, 2.05) is 19.1 Å². The molecule has 0 spiro atoms. The van der Waals surface area contributed by atoms with Gasteiger partial charge in [-0.2, -0.15) is 0 Å². The number of amides is 2. The summed E-state index contributed by atoms with van der Waals surface area (Å²) in [7, 11) is 0. The predicted octanol–water partition coefficient (Wildman–Crippen LogP) is 4.77. The monoisotopic (exact) mass is 456 g/mol. The number of benzene rings is 3. The molecule has 0 unspecified atom stereocenters. The Morgan fingerprint density at radius 3 is 2.32 bits per heavy atom. The van der Waals surface area contributed by atoms with Crippen LogP contribution in [-0.2, 0) is 16.0 Å². The van der Waals surface area contributed by atoms with E-state index in [2.05, 4.69) is 12.2 Å². The maximum Gasteiger partial charge on any atom is 0.282 e. The fraction of sp³-hybridized carbons (Fsp3) is 0.185. The summed E-state index contributed by atoms with van der Waals surface area (Å²) in [4.78, 5) is 28.4. The Kier molecular flexibility index (Phi) is 5.67. The maximum absolute atomic E-state index is 13.6. The molecule has 0 aliphatic carbocycles. The van der Waals surface area contributed by atoms with Gasteiger partial charge in [-0.3, -0.25) is 9.59 Å². The Bertz CT molecular complexity index is 1280. The molecule has 0 saturated carbocycles. The molecular formula is C27H24N2O5. The number of nitrogens with one attached hydrogen (secondary N) is 1. The Labute approximate surface area is 197 Å². The zero-order valence-electron chi connectivity index (χ0n) is 19.0. The lowest BCUT2D eigenvalue weighted by Gasteiger charge is -2.16. The summed E-state index contributed by atoms with van der Waals surface area (Å²) in [5.41, 5.74) is 3.39. The van der Waals surface area contributed by atoms with Crippen LogP contribution in [0.5, 0.6) is 17.2 Å². The summed E-state index contributed by atoms with van der Waals surface area (Å²) in [5, 5.41) is 3.16. The van der Waals surface area contributed by atoms with Crippen LogP contribution in [0.1, 0.15) is 25.0 Å². The molecule has 2 amide bonds. The number of hydrogen-bond acceptors (Lipinski definition) is 6. The fourth-order valence-electron chi connectivity index (χ4n) is 4.03. The Morgan fingerprint density at radius 2 is 1.62 bits per heavy atom. The van der Waals surface area contributed by atoms with E-state index in [0.717, 1.165) is 12.0 Å². The number of anilines is 2. The zero-order valence-corrected chi connectivity index (χ0v) is 19.0. The third-order valence-electron chi connectivity index (χ3n) is 5.78. The van der Waals surface area contributed by atoms with Crippen molar-refractivity contribution in [2.24, 2.45) is 0 Å². The topological polar surface area (TPSA) is 77.1 Å². The average Bonchev–Trinajstić information content (AvgIpc) is 3.42. The van der Waals surface area contributed by atoms with Gasteiger partial charge in [0.1, 0.15) is 11.4 Å². The number of fused-ring (bicyclic) bond motifs is 1. The number of hydrogen-bond donors (Lipinski definition) is 1. The van der Waals surface area contributed by atoms with Crippen LogP contribution < -0.4 is 24.4 Å². The van der Waals surface area contributed by atoms with Gasteiger partial charge in [0, 0.05) is 11.8 Å². The molecule has 0 fully saturated rings. The highest BCUT2D eigenvalue weighted by molar-refractivity contribution is 6.46. The quantitative estimate of drug-likeness (QED) is 0.516. The molecule has 34 heavy (non-hydrogen) atoms. The molecule has 0 radical (unpaired) electrons. The van der Waals surface area contributed by atoms with Crippen LogP contribution in [0.2, 0.25) is 0 Å². The highest BCUT2D eigenvalue weighted by atomic mass is 16.7. The van der Waals surface area contributed by atoms with Crippen molar-refractivity contribution in [1.29, 1.82) is 0 Å². The van der Waals surface area contributed by atoms with Crippen molar-refractivity contribution in [3.63, 3.8) is 0 Å². The second-order valence-corrected chi connectivity index (χ2v) is 7.87. The van der Waals surface area contributed by atoms with Gasteiger partial charge in [-0.05, 0) is 60.9 Å². The minimum Gasteiger partial charge on any atom is -0.494 e. The van der Waals surface area contributed by atoms with Gasteiger partial charge in [0.05, 0.1) is 17.9 Å². The molecule has 3 aromatic rings. The number of imide groups is 1. The van der Waals surface area contributed by atoms with Gasteiger partial charge in [0.15, 0.2) is 11.5 Å². The van der Waals surface area contributed by atoms with E-state index in [9.17, 15) is 9.59 Å². The number of carbonyl (C=O) groups is 2. The first-order valence-electron chi connectivity index (χ1n) is 11.2. The van der Waals surface area contributed by atoms with E-state index in [0.29, 0.717) is 46.4 Å². The first kappa shape index (κ1) is 21.6. The largest absolute Gasteiger partial charge is 0.494 e. The van der Waals surface area contributed by atoms with Crippen LogP contribution in [0.15, 0.2) is 72.4 Å². The number of aryl methyl sites for hydroxylation is 1. The first-order valence-corrected chi connectivity index (χ1v) is 11.2. The van der Waals surface area contributed by atoms with Crippen molar-refractivity contribution in [2.75, 3.05) is 23.6 Å². The van der Waals surface area contributed by atoms with E-state index >= 15 is 0 Å². The molecular weight excluding hydrogens is 432 g/mol. The minimum atomic E-state index is -0.421. The van der Waals surface area contributed by atoms with E-state index in [4.69, 9.17) is 14.2 Å². The second kappa shape index (κ2) is 8.94. The summed E-state index contributed by atoms with van der Waals surface area (Å²) in [6.07, 6.45) is 0.870. The van der Waals surface area contributed by atoms with Crippen molar-refractivity contribution in [2.45, 2.75) is 20.3 Å². The van der Waals surface area contributed by atoms with Gasteiger partial charge in [-0.25, -0.2) is 4.90 Å². The number of nitrogens with zero attached hydrogens (tertiary/aromatic N) is 1. The molecule has 7 heteroatoms. The van der Waals surface area contributed by atoms with Gasteiger partial charge in [-0.15, -0.1) is 0 Å². The van der Waals surface area contributed by atoms with Crippen molar-refractivity contribution in [3.8, 4) is 17.2 Å². The van der Waals surface area contributed by atoms with Crippen LogP contribution in [0.4, 0.5) is 11.4 Å². The van der Waals surface area contributed by atoms with Crippen LogP contribution in [-0.4, -0.2) is 25.2 Å². The lowest BCUT2D eigenvalue weighted by Crippen LogP contribution is -2.32. The normalized spacial score (nSPS) is 14.7. The zero-order chi connectivity index (χ0) is 23.7. The summed E-state index contributed by atoms with van der Waals surface area (Å²) in [6.45, 7) is 4.65. The predicted molar refractivity (Wildman–Crippen MR) is 129 cm³/mol. The van der Waals surface area contributed by atoms with Crippen LogP contribution in [0.3, 0.4) is 0 Å². The molecule has 3 aromatic carbocycles. The molecule has 7 nitrogen and oxygen atoms in total. The second-order valence-electron chi connectivity index (χ2n) is 7.87. The van der Waals surface area contributed by atoms with Crippen molar-refractivity contribution >= 4 is 28.8 Å². The van der Waals surface area contributed by atoms with Gasteiger partial charge >= 0.3 is 0 Å². The number of ether oxygens (including phenoxy) is 3. The van der Waals surface area contributed by atoms with Gasteiger partial charge in [0.2, 0.25) is 6.79 Å². The standard InChI is InChI=1S/C27H24N2O5/c1-3-17-5-10-20(11-6-17)29-26(30)24(18-7-12-21(13-8-18)32-4-2)25(27(29)31)28-19-9-14-22-23(15-19)34-16-33-22/h5-15,28H,3-4,16H2,1-2H3. The van der Waals surface area contributed by atoms with E-state index in [1.54, 1.807) is 54.6 Å².